The van der Waals surface area contributed by atoms with E-state index in [2.05, 4.69) is 37.4 Å². The van der Waals surface area contributed by atoms with Crippen LogP contribution < -0.4 is 10.5 Å². The average Bonchev–Trinajstić information content (AvgIpc) is 3.39. The van der Waals surface area contributed by atoms with E-state index in [1.807, 2.05) is 18.7 Å². The van der Waals surface area contributed by atoms with Crippen LogP contribution in [-0.2, 0) is 14.3 Å². The number of aliphatic imine (C=N–C) groups is 1. The van der Waals surface area contributed by atoms with Gasteiger partial charge >= 0.3 is 0 Å². The molecule has 1 aliphatic heterocycles. The van der Waals surface area contributed by atoms with Gasteiger partial charge in [-0.05, 0) is 70.6 Å². The molecule has 1 heterocycles. The first-order chi connectivity index (χ1) is 19.9. The summed E-state index contributed by atoms with van der Waals surface area (Å²) in [7, 11) is 1.23. The SMILES string of the molecule is CCC.CCCN(CCC)C(=O)CN=C1CCC/C1=C(/N)C(=O)N1C[C@@H](C)O[C@@H](C)C1.COc1c(F)cc(C)cc1F. The Morgan fingerprint density at radius 1 is 1.05 bits per heavy atom. The maximum atomic E-state index is 12.9. The maximum Gasteiger partial charge on any atom is 0.270 e. The second-order valence-corrected chi connectivity index (χ2v) is 10.8. The van der Waals surface area contributed by atoms with Crippen LogP contribution in [0.4, 0.5) is 8.78 Å². The third-order valence-corrected chi connectivity index (χ3v) is 6.54. The number of nitrogens with two attached hydrogens (primary N) is 1. The van der Waals surface area contributed by atoms with Crippen LogP contribution in [0.1, 0.15) is 85.6 Å². The Morgan fingerprint density at radius 2 is 1.57 bits per heavy atom. The van der Waals surface area contributed by atoms with Gasteiger partial charge in [-0.15, -0.1) is 0 Å². The molecule has 2 atom stereocenters. The minimum atomic E-state index is -0.662. The molecule has 42 heavy (non-hydrogen) atoms. The zero-order valence-corrected chi connectivity index (χ0v) is 26.9. The fourth-order valence-corrected chi connectivity index (χ4v) is 4.88. The number of amides is 2. The summed E-state index contributed by atoms with van der Waals surface area (Å²) in [4.78, 5) is 33.6. The number of benzene rings is 1. The Kier molecular flexibility index (Phi) is 16.9. The number of carbonyl (C=O) groups is 2. The Balaban J connectivity index is 0.000000520. The third kappa shape index (κ3) is 11.7. The van der Waals surface area contributed by atoms with Crippen LogP contribution in [0.15, 0.2) is 28.4 Å². The van der Waals surface area contributed by atoms with Crippen LogP contribution in [0.5, 0.6) is 5.75 Å². The van der Waals surface area contributed by atoms with Crippen molar-refractivity contribution in [3.05, 3.63) is 40.6 Å². The molecule has 0 aromatic heterocycles. The van der Waals surface area contributed by atoms with Crippen LogP contribution in [-0.4, -0.2) is 79.4 Å². The summed E-state index contributed by atoms with van der Waals surface area (Å²) in [5.41, 5.74) is 8.73. The van der Waals surface area contributed by atoms with Crippen molar-refractivity contribution in [3.8, 4) is 5.75 Å². The molecule has 0 bridgehead atoms. The van der Waals surface area contributed by atoms with Crippen molar-refractivity contribution in [2.45, 2.75) is 99.2 Å². The van der Waals surface area contributed by atoms with Crippen molar-refractivity contribution in [1.82, 2.24) is 9.80 Å². The number of rotatable bonds is 8. The van der Waals surface area contributed by atoms with Crippen LogP contribution in [0.3, 0.4) is 0 Å². The first-order valence-electron chi connectivity index (χ1n) is 15.2. The van der Waals surface area contributed by atoms with Crippen LogP contribution in [0.25, 0.3) is 0 Å². The number of morpholine rings is 1. The number of halogens is 2. The molecule has 1 saturated carbocycles. The largest absolute Gasteiger partial charge is 0.491 e. The van der Waals surface area contributed by atoms with Gasteiger partial charge in [-0.2, -0.15) is 0 Å². The monoisotopic (exact) mass is 594 g/mol. The Morgan fingerprint density at radius 3 is 2.05 bits per heavy atom. The molecular formula is C32H52F2N4O4. The highest BCUT2D eigenvalue weighted by Crippen LogP contribution is 2.25. The van der Waals surface area contributed by atoms with Gasteiger partial charge in [0.15, 0.2) is 17.4 Å². The van der Waals surface area contributed by atoms with Crippen molar-refractivity contribution in [2.75, 3.05) is 39.8 Å². The number of aryl methyl sites for hydroxylation is 1. The molecule has 0 unspecified atom stereocenters. The number of ether oxygens (including phenoxy) is 2. The maximum absolute atomic E-state index is 12.9. The fourth-order valence-electron chi connectivity index (χ4n) is 4.88. The minimum Gasteiger partial charge on any atom is -0.491 e. The summed E-state index contributed by atoms with van der Waals surface area (Å²) in [5.74, 6) is -1.75. The molecule has 10 heteroatoms. The molecule has 8 nitrogen and oxygen atoms in total. The summed E-state index contributed by atoms with van der Waals surface area (Å²) in [6.07, 6.45) is 5.56. The number of hydrogen-bond acceptors (Lipinski definition) is 6. The van der Waals surface area contributed by atoms with Gasteiger partial charge in [0.2, 0.25) is 5.91 Å². The van der Waals surface area contributed by atoms with Crippen LogP contribution in [0.2, 0.25) is 0 Å². The van der Waals surface area contributed by atoms with E-state index in [1.54, 1.807) is 11.8 Å². The summed E-state index contributed by atoms with van der Waals surface area (Å²) < 4.78 is 35.7. The van der Waals surface area contributed by atoms with E-state index in [0.717, 1.165) is 56.5 Å². The lowest BCUT2D eigenvalue weighted by molar-refractivity contribution is -0.139. The molecule has 238 valence electrons. The van der Waals surface area contributed by atoms with Gasteiger partial charge in [-0.3, -0.25) is 14.6 Å². The van der Waals surface area contributed by atoms with Gasteiger partial charge in [-0.1, -0.05) is 34.1 Å². The standard InChI is InChI=1S/C21H36N4O3.C8H8F2O.C3H8/c1-5-10-24(11-6-2)19(26)12-23-18-9-7-8-17(18)20(22)21(27)25-13-15(3)28-16(4)14-25;1-5-3-6(9)8(11-2)7(10)4-5;1-3-2/h15-16H,5-14,22H2,1-4H3;3-4H,1-2H3;3H2,1-2H3/b20-17-,23-18?;;/t15-,16+;;. The van der Waals surface area contributed by atoms with Crippen molar-refractivity contribution in [1.29, 1.82) is 0 Å². The Hall–Kier alpha value is -3.01. The van der Waals surface area contributed by atoms with Crippen LogP contribution in [0, 0.1) is 18.6 Å². The smallest absolute Gasteiger partial charge is 0.270 e. The lowest BCUT2D eigenvalue weighted by Crippen LogP contribution is -2.49. The van der Waals surface area contributed by atoms with Gasteiger partial charge in [0.05, 0.1) is 19.3 Å². The van der Waals surface area contributed by atoms with Crippen molar-refractivity contribution in [3.63, 3.8) is 0 Å². The van der Waals surface area contributed by atoms with E-state index >= 15 is 0 Å². The molecule has 0 spiro atoms. The van der Waals surface area contributed by atoms with Crippen molar-refractivity contribution < 1.29 is 27.8 Å². The number of carbonyl (C=O) groups excluding carboxylic acids is 2. The second-order valence-electron chi connectivity index (χ2n) is 10.8. The van der Waals surface area contributed by atoms with Crippen molar-refractivity contribution >= 4 is 17.5 Å². The predicted molar refractivity (Wildman–Crippen MR) is 165 cm³/mol. The normalized spacial score (nSPS) is 20.2. The summed E-state index contributed by atoms with van der Waals surface area (Å²) >= 11 is 0. The quantitative estimate of drug-likeness (QED) is 0.384. The Bertz CT molecular complexity index is 1040. The molecule has 1 aromatic carbocycles. The third-order valence-electron chi connectivity index (χ3n) is 6.54. The predicted octanol–water partition coefficient (Wildman–Crippen LogP) is 5.81. The lowest BCUT2D eigenvalue weighted by atomic mass is 10.1. The molecule has 2 aliphatic rings. The van der Waals surface area contributed by atoms with E-state index in [1.165, 1.54) is 25.7 Å². The molecule has 0 radical (unpaired) electrons. The van der Waals surface area contributed by atoms with E-state index in [-0.39, 0.29) is 42.0 Å². The zero-order valence-electron chi connectivity index (χ0n) is 26.9. The van der Waals surface area contributed by atoms with Gasteiger partial charge in [0.1, 0.15) is 12.2 Å². The van der Waals surface area contributed by atoms with Gasteiger partial charge < -0.3 is 25.0 Å². The molecule has 1 aromatic rings. The number of methoxy groups -OCH3 is 1. The molecule has 3 rings (SSSR count). The summed E-state index contributed by atoms with van der Waals surface area (Å²) in [5, 5.41) is 0. The topological polar surface area (TPSA) is 97.5 Å². The highest BCUT2D eigenvalue weighted by Gasteiger charge is 2.30. The second kappa shape index (κ2) is 19.2. The summed E-state index contributed by atoms with van der Waals surface area (Å²) in [6, 6.07) is 2.45. The molecule has 1 saturated heterocycles. The molecule has 2 N–H and O–H groups in total. The van der Waals surface area contributed by atoms with E-state index in [0.29, 0.717) is 18.7 Å². The highest BCUT2D eigenvalue weighted by molar-refractivity contribution is 6.09. The number of nitrogens with zero attached hydrogens (tertiary/aromatic N) is 3. The van der Waals surface area contributed by atoms with Crippen molar-refractivity contribution in [2.24, 2.45) is 10.7 Å². The van der Waals surface area contributed by atoms with E-state index in [4.69, 9.17) is 10.5 Å². The molecular weight excluding hydrogens is 542 g/mol. The van der Waals surface area contributed by atoms with Gasteiger partial charge in [-0.25, -0.2) is 8.78 Å². The fraction of sp³-hybridized carbons (Fsp3) is 0.656. The Labute approximate surface area is 251 Å². The highest BCUT2D eigenvalue weighted by atomic mass is 19.1. The van der Waals surface area contributed by atoms with E-state index in [9.17, 15) is 18.4 Å². The first-order valence-corrected chi connectivity index (χ1v) is 15.2. The first kappa shape index (κ1) is 37.0. The van der Waals surface area contributed by atoms with E-state index < -0.39 is 11.6 Å². The average molecular weight is 595 g/mol. The summed E-state index contributed by atoms with van der Waals surface area (Å²) in [6.45, 7) is 16.7. The molecule has 2 fully saturated rings. The van der Waals surface area contributed by atoms with Crippen LogP contribution >= 0.6 is 0 Å². The zero-order chi connectivity index (χ0) is 31.8. The number of hydrogen-bond donors (Lipinski definition) is 1. The molecule has 1 aliphatic carbocycles. The minimum absolute atomic E-state index is 0.00273. The van der Waals surface area contributed by atoms with Gasteiger partial charge in [0, 0.05) is 37.5 Å². The number of allylic oxidation sites excluding steroid dienone is 1. The molecule has 2 amide bonds. The lowest BCUT2D eigenvalue weighted by Gasteiger charge is -2.35. The van der Waals surface area contributed by atoms with Gasteiger partial charge in [0.25, 0.3) is 5.91 Å².